The summed E-state index contributed by atoms with van der Waals surface area (Å²) in [5.41, 5.74) is 1.41. The van der Waals surface area contributed by atoms with Gasteiger partial charge in [-0.15, -0.1) is 0 Å². The number of rotatable bonds is 3. The molecule has 1 N–H and O–H groups in total. The Morgan fingerprint density at radius 2 is 2.04 bits per heavy atom. The number of hydrogen-bond acceptors (Lipinski definition) is 3. The summed E-state index contributed by atoms with van der Waals surface area (Å²) in [5, 5.41) is 7.57. The van der Waals surface area contributed by atoms with Gasteiger partial charge in [-0.05, 0) is 51.5 Å². The van der Waals surface area contributed by atoms with Crippen LogP contribution in [0.5, 0.6) is 0 Å². The molecule has 1 saturated heterocycles. The van der Waals surface area contributed by atoms with Crippen LogP contribution in [0.15, 0.2) is 12.7 Å². The van der Waals surface area contributed by atoms with E-state index >= 15 is 0 Å². The number of nitrogens with zero attached hydrogens (tertiary/aromatic N) is 3. The highest BCUT2D eigenvalue weighted by Crippen LogP contribution is 2.32. The van der Waals surface area contributed by atoms with Gasteiger partial charge >= 0.3 is 0 Å². The number of fused-ring (bicyclic) bond motifs is 1. The fourth-order valence-corrected chi connectivity index (χ4v) is 3.74. The molecule has 23 heavy (non-hydrogen) atoms. The number of likely N-dealkylation sites (tertiary alicyclic amines) is 1. The summed E-state index contributed by atoms with van der Waals surface area (Å²) in [5.74, 6) is 0.456. The Morgan fingerprint density at radius 1 is 1.30 bits per heavy atom. The molecule has 1 aliphatic heterocycles. The monoisotopic (exact) mass is 316 g/mol. The molecule has 3 rings (SSSR count). The highest BCUT2D eigenvalue weighted by atomic mass is 16.2. The van der Waals surface area contributed by atoms with Crippen molar-refractivity contribution < 1.29 is 9.59 Å². The first-order valence-corrected chi connectivity index (χ1v) is 8.27. The molecule has 2 heterocycles. The molecule has 1 aromatic heterocycles. The van der Waals surface area contributed by atoms with Crippen LogP contribution < -0.4 is 5.32 Å². The number of nitrogens with one attached hydrogen (secondary N) is 1. The van der Waals surface area contributed by atoms with Crippen LogP contribution in [0, 0.1) is 0 Å². The first-order valence-electron chi connectivity index (χ1n) is 8.27. The lowest BCUT2D eigenvalue weighted by atomic mass is 9.95. The predicted molar refractivity (Wildman–Crippen MR) is 88.0 cm³/mol. The molecular weight excluding hydrogens is 292 g/mol. The Balaban J connectivity index is 1.86. The van der Waals surface area contributed by atoms with Crippen LogP contribution in [-0.4, -0.2) is 38.6 Å². The third-order valence-electron chi connectivity index (χ3n) is 5.12. The van der Waals surface area contributed by atoms with E-state index in [0.717, 1.165) is 49.2 Å². The molecule has 124 valence electrons. The smallest absolute Gasteiger partial charge is 0.251 e. The van der Waals surface area contributed by atoms with Gasteiger partial charge in [0.1, 0.15) is 11.4 Å². The van der Waals surface area contributed by atoms with Crippen molar-refractivity contribution in [3.05, 3.63) is 23.9 Å². The van der Waals surface area contributed by atoms with Gasteiger partial charge in [0.05, 0.1) is 5.69 Å². The molecule has 2 aliphatic rings. The lowest BCUT2D eigenvalue weighted by molar-refractivity contribution is -0.138. The molecule has 0 aromatic carbocycles. The predicted octanol–water partition coefficient (Wildman–Crippen LogP) is 1.80. The quantitative estimate of drug-likeness (QED) is 0.865. The number of anilines is 1. The van der Waals surface area contributed by atoms with Gasteiger partial charge in [-0.2, -0.15) is 5.10 Å². The number of carbonyl (C=O) groups is 2. The molecule has 1 aromatic rings. The second kappa shape index (κ2) is 5.83. The molecule has 0 bridgehead atoms. The molecule has 0 saturated carbocycles. The molecule has 0 spiro atoms. The summed E-state index contributed by atoms with van der Waals surface area (Å²) < 4.78 is 1.76. The average Bonchev–Trinajstić information content (AvgIpc) is 3.08. The van der Waals surface area contributed by atoms with Crippen LogP contribution in [-0.2, 0) is 29.5 Å². The summed E-state index contributed by atoms with van der Waals surface area (Å²) in [7, 11) is 1.86. The number of aromatic nitrogens is 2. The minimum Gasteiger partial charge on any atom is -0.325 e. The molecule has 6 nitrogen and oxygen atoms in total. The molecular formula is C17H24N4O2. The van der Waals surface area contributed by atoms with Crippen LogP contribution in [0.1, 0.15) is 43.9 Å². The minimum absolute atomic E-state index is 0.137. The third kappa shape index (κ3) is 2.56. The van der Waals surface area contributed by atoms with Gasteiger partial charge in [0.25, 0.3) is 5.91 Å². The molecule has 1 unspecified atom stereocenters. The van der Waals surface area contributed by atoms with Crippen molar-refractivity contribution in [1.29, 1.82) is 0 Å². The van der Waals surface area contributed by atoms with Crippen LogP contribution >= 0.6 is 0 Å². The van der Waals surface area contributed by atoms with E-state index in [2.05, 4.69) is 17.0 Å². The van der Waals surface area contributed by atoms with Gasteiger partial charge in [0, 0.05) is 19.2 Å². The number of aryl methyl sites for hydroxylation is 2. The summed E-state index contributed by atoms with van der Waals surface area (Å²) in [6, 6.07) is 0. The van der Waals surface area contributed by atoms with Crippen molar-refractivity contribution in [2.24, 2.45) is 7.05 Å². The molecule has 1 atom stereocenters. The normalized spacial score (nSPS) is 23.5. The van der Waals surface area contributed by atoms with Gasteiger partial charge in [-0.3, -0.25) is 14.3 Å². The zero-order valence-corrected chi connectivity index (χ0v) is 13.9. The van der Waals surface area contributed by atoms with E-state index in [1.54, 1.807) is 9.58 Å². The first-order chi connectivity index (χ1) is 11.0. The Bertz CT molecular complexity index is 664. The van der Waals surface area contributed by atoms with Crippen molar-refractivity contribution in [2.75, 3.05) is 11.9 Å². The van der Waals surface area contributed by atoms with E-state index in [0.29, 0.717) is 13.0 Å². The summed E-state index contributed by atoms with van der Waals surface area (Å²) >= 11 is 0. The van der Waals surface area contributed by atoms with E-state index in [-0.39, 0.29) is 11.8 Å². The fourth-order valence-electron chi connectivity index (χ4n) is 3.74. The molecule has 1 fully saturated rings. The van der Waals surface area contributed by atoms with Gasteiger partial charge < -0.3 is 10.2 Å². The van der Waals surface area contributed by atoms with Crippen molar-refractivity contribution in [3.63, 3.8) is 0 Å². The largest absolute Gasteiger partial charge is 0.325 e. The minimum atomic E-state index is -0.822. The second-order valence-corrected chi connectivity index (χ2v) is 6.63. The van der Waals surface area contributed by atoms with Crippen molar-refractivity contribution in [1.82, 2.24) is 14.7 Å². The Morgan fingerprint density at radius 3 is 2.78 bits per heavy atom. The van der Waals surface area contributed by atoms with Crippen molar-refractivity contribution >= 4 is 17.6 Å². The Kier molecular flexibility index (Phi) is 4.00. The average molecular weight is 316 g/mol. The zero-order valence-electron chi connectivity index (χ0n) is 13.9. The van der Waals surface area contributed by atoms with E-state index in [9.17, 15) is 9.59 Å². The molecule has 0 radical (unpaired) electrons. The maximum absolute atomic E-state index is 12.9. The summed E-state index contributed by atoms with van der Waals surface area (Å²) in [4.78, 5) is 26.6. The van der Waals surface area contributed by atoms with Crippen LogP contribution in [0.25, 0.3) is 0 Å². The van der Waals surface area contributed by atoms with Crippen LogP contribution in [0.3, 0.4) is 0 Å². The van der Waals surface area contributed by atoms with Crippen LogP contribution in [0.4, 0.5) is 5.82 Å². The topological polar surface area (TPSA) is 67.2 Å². The lowest BCUT2D eigenvalue weighted by Gasteiger charge is -2.33. The number of hydrogen-bond donors (Lipinski definition) is 1. The second-order valence-electron chi connectivity index (χ2n) is 6.63. The summed E-state index contributed by atoms with van der Waals surface area (Å²) in [6.07, 6.45) is 6.97. The number of amides is 2. The SMILES string of the molecule is C=CC(=O)N1CCCC1(C)C(=O)Nc1c2c(nn1C)CCCC2. The Labute approximate surface area is 136 Å². The van der Waals surface area contributed by atoms with Crippen molar-refractivity contribution in [2.45, 2.75) is 51.0 Å². The van der Waals surface area contributed by atoms with E-state index in [1.807, 2.05) is 14.0 Å². The maximum atomic E-state index is 12.9. The van der Waals surface area contributed by atoms with E-state index < -0.39 is 5.54 Å². The highest BCUT2D eigenvalue weighted by Gasteiger charge is 2.45. The van der Waals surface area contributed by atoms with Crippen molar-refractivity contribution in [3.8, 4) is 0 Å². The van der Waals surface area contributed by atoms with Gasteiger partial charge in [-0.1, -0.05) is 6.58 Å². The third-order valence-corrected chi connectivity index (χ3v) is 5.12. The van der Waals surface area contributed by atoms with Gasteiger partial charge in [-0.25, -0.2) is 0 Å². The van der Waals surface area contributed by atoms with Crippen LogP contribution in [0.2, 0.25) is 0 Å². The lowest BCUT2D eigenvalue weighted by Crippen LogP contribution is -2.53. The Hall–Kier alpha value is -2.11. The van der Waals surface area contributed by atoms with E-state index in [1.165, 1.54) is 6.08 Å². The van der Waals surface area contributed by atoms with Gasteiger partial charge in [0.2, 0.25) is 5.91 Å². The highest BCUT2D eigenvalue weighted by molar-refractivity contribution is 6.02. The van der Waals surface area contributed by atoms with Gasteiger partial charge in [0.15, 0.2) is 0 Å². The summed E-state index contributed by atoms with van der Waals surface area (Å²) in [6.45, 7) is 5.97. The van der Waals surface area contributed by atoms with E-state index in [4.69, 9.17) is 0 Å². The molecule has 6 heteroatoms. The standard InChI is InChI=1S/C17H24N4O2/c1-4-14(22)21-11-7-10-17(21,2)16(23)18-15-12-8-5-6-9-13(12)19-20(15)3/h4H,1,5-11H2,2-3H3,(H,18,23). The molecule has 2 amide bonds. The fraction of sp³-hybridized carbons (Fsp3) is 0.588. The maximum Gasteiger partial charge on any atom is 0.251 e. The first kappa shape index (κ1) is 15.8. The number of carbonyl (C=O) groups excluding carboxylic acids is 2. The molecule has 1 aliphatic carbocycles. The zero-order chi connectivity index (χ0) is 16.6.